The van der Waals surface area contributed by atoms with Crippen LogP contribution >= 0.6 is 0 Å². The van der Waals surface area contributed by atoms with Gasteiger partial charge in [-0.2, -0.15) is 0 Å². The molecular formula is C58H46. The third-order valence-electron chi connectivity index (χ3n) is 13.1. The Morgan fingerprint density at radius 2 is 0.793 bits per heavy atom. The van der Waals surface area contributed by atoms with E-state index in [9.17, 15) is 0 Å². The molecule has 0 N–H and O–H groups in total. The Labute approximate surface area is 341 Å². The van der Waals surface area contributed by atoms with Crippen LogP contribution in [0.4, 0.5) is 0 Å². The Morgan fingerprint density at radius 3 is 1.33 bits per heavy atom. The van der Waals surface area contributed by atoms with Gasteiger partial charge in [-0.1, -0.05) is 132 Å². The number of aryl methyl sites for hydroxylation is 6. The number of hydrogen-bond acceptors (Lipinski definition) is 0. The molecule has 12 rings (SSSR count). The van der Waals surface area contributed by atoms with Crippen LogP contribution in [0, 0.1) is 41.5 Å². The molecule has 0 unspecified atom stereocenters. The van der Waals surface area contributed by atoms with Crippen LogP contribution in [0.25, 0.3) is 98.7 Å². The Kier molecular flexibility index (Phi) is 7.79. The predicted octanol–water partition coefficient (Wildman–Crippen LogP) is 16.4. The van der Waals surface area contributed by atoms with Crippen LogP contribution in [0.15, 0.2) is 146 Å². The molecule has 278 valence electrons. The van der Waals surface area contributed by atoms with Gasteiger partial charge in [-0.15, -0.1) is 0 Å². The summed E-state index contributed by atoms with van der Waals surface area (Å²) in [6.07, 6.45) is 7.15. The first-order chi connectivity index (χ1) is 28.2. The van der Waals surface area contributed by atoms with Crippen LogP contribution in [0.5, 0.6) is 0 Å². The highest BCUT2D eigenvalue weighted by Crippen LogP contribution is 2.51. The maximum atomic E-state index is 2.49. The summed E-state index contributed by atoms with van der Waals surface area (Å²) in [7, 11) is 0. The highest BCUT2D eigenvalue weighted by molar-refractivity contribution is 6.24. The molecule has 0 atom stereocenters. The van der Waals surface area contributed by atoms with Gasteiger partial charge in [0.05, 0.1) is 0 Å². The van der Waals surface area contributed by atoms with Crippen molar-refractivity contribution in [3.05, 3.63) is 190 Å². The van der Waals surface area contributed by atoms with Crippen molar-refractivity contribution >= 4 is 54.2 Å². The van der Waals surface area contributed by atoms with Gasteiger partial charge in [0, 0.05) is 0 Å². The number of hydrogen-bond donors (Lipinski definition) is 0. The fraction of sp³-hybridized carbons (Fsp3) is 0.138. The number of allylic oxidation sites excluding steroid dienone is 4. The van der Waals surface area contributed by atoms with Gasteiger partial charge in [-0.25, -0.2) is 0 Å². The van der Waals surface area contributed by atoms with Crippen LogP contribution in [-0.4, -0.2) is 0 Å². The molecule has 3 aliphatic rings. The molecular weight excluding hydrogens is 697 g/mol. The molecule has 0 aliphatic heterocycles. The summed E-state index contributed by atoms with van der Waals surface area (Å²) < 4.78 is 0. The van der Waals surface area contributed by atoms with Crippen molar-refractivity contribution < 1.29 is 0 Å². The average Bonchev–Trinajstić information content (AvgIpc) is 3.71. The molecule has 9 aromatic rings. The van der Waals surface area contributed by atoms with Crippen molar-refractivity contribution in [1.29, 1.82) is 0 Å². The predicted molar refractivity (Wildman–Crippen MR) is 252 cm³/mol. The lowest BCUT2D eigenvalue weighted by molar-refractivity contribution is 1.05. The van der Waals surface area contributed by atoms with Crippen molar-refractivity contribution in [3.63, 3.8) is 0 Å². The van der Waals surface area contributed by atoms with Crippen LogP contribution in [0.2, 0.25) is 0 Å². The van der Waals surface area contributed by atoms with Gasteiger partial charge < -0.3 is 0 Å². The minimum Gasteiger partial charge on any atom is -0.0757 e. The second-order valence-electron chi connectivity index (χ2n) is 17.1. The van der Waals surface area contributed by atoms with E-state index in [0.29, 0.717) is 0 Å². The Balaban J connectivity index is 0.000000199. The van der Waals surface area contributed by atoms with Gasteiger partial charge in [-0.05, 0) is 211 Å². The van der Waals surface area contributed by atoms with Crippen LogP contribution in [0.3, 0.4) is 0 Å². The topological polar surface area (TPSA) is 0 Å². The molecule has 3 aliphatic carbocycles. The number of benzene rings is 9. The van der Waals surface area contributed by atoms with E-state index in [0.717, 1.165) is 0 Å². The van der Waals surface area contributed by atoms with Gasteiger partial charge in [-0.3, -0.25) is 0 Å². The van der Waals surface area contributed by atoms with Gasteiger partial charge >= 0.3 is 0 Å². The third-order valence-corrected chi connectivity index (χ3v) is 13.1. The van der Waals surface area contributed by atoms with Crippen molar-refractivity contribution in [1.82, 2.24) is 0 Å². The molecule has 0 bridgehead atoms. The molecule has 58 heavy (non-hydrogen) atoms. The van der Waals surface area contributed by atoms with Gasteiger partial charge in [0.15, 0.2) is 0 Å². The number of fused-ring (bicyclic) bond motifs is 9. The molecule has 0 aromatic heterocycles. The Hall–Kier alpha value is -6.50. The molecule has 0 heteroatoms. The lowest BCUT2D eigenvalue weighted by Gasteiger charge is -2.19. The normalized spacial score (nSPS) is 13.4. The quantitative estimate of drug-likeness (QED) is 0.155. The fourth-order valence-electron chi connectivity index (χ4n) is 11.0. The molecule has 0 saturated carbocycles. The van der Waals surface area contributed by atoms with E-state index >= 15 is 0 Å². The van der Waals surface area contributed by atoms with Crippen molar-refractivity contribution in [3.8, 4) is 44.5 Å². The van der Waals surface area contributed by atoms with E-state index in [4.69, 9.17) is 0 Å². The Morgan fingerprint density at radius 1 is 0.328 bits per heavy atom. The minimum absolute atomic E-state index is 1.18. The molecule has 0 saturated heterocycles. The highest BCUT2D eigenvalue weighted by Gasteiger charge is 2.26. The summed E-state index contributed by atoms with van der Waals surface area (Å²) in [4.78, 5) is 0. The molecule has 9 aromatic carbocycles. The van der Waals surface area contributed by atoms with Crippen molar-refractivity contribution in [2.75, 3.05) is 0 Å². The monoisotopic (exact) mass is 742 g/mol. The van der Waals surface area contributed by atoms with Crippen molar-refractivity contribution in [2.45, 2.75) is 54.4 Å². The molecule has 0 heterocycles. The molecule has 0 fully saturated rings. The fourth-order valence-corrected chi connectivity index (χ4v) is 11.0. The van der Waals surface area contributed by atoms with E-state index < -0.39 is 0 Å². The summed E-state index contributed by atoms with van der Waals surface area (Å²) in [5, 5.41) is 10.8. The molecule has 0 nitrogen and oxygen atoms in total. The van der Waals surface area contributed by atoms with Gasteiger partial charge in [0.2, 0.25) is 0 Å². The number of rotatable bonds is 2. The van der Waals surface area contributed by atoms with E-state index in [1.165, 1.54) is 156 Å². The largest absolute Gasteiger partial charge is 0.0757 e. The summed E-state index contributed by atoms with van der Waals surface area (Å²) in [6, 6.07) is 50.5. The maximum absolute atomic E-state index is 2.49. The first kappa shape index (κ1) is 34.7. The van der Waals surface area contributed by atoms with Gasteiger partial charge in [0.1, 0.15) is 0 Å². The smallest absolute Gasteiger partial charge is 0.00264 e. The lowest BCUT2D eigenvalue weighted by Crippen LogP contribution is -1.94. The molecule has 0 spiro atoms. The average molecular weight is 743 g/mol. The van der Waals surface area contributed by atoms with E-state index in [1.54, 1.807) is 0 Å². The van der Waals surface area contributed by atoms with E-state index in [1.807, 2.05) is 0 Å². The molecule has 0 amide bonds. The third kappa shape index (κ3) is 5.21. The van der Waals surface area contributed by atoms with Crippen LogP contribution in [0.1, 0.15) is 57.3 Å². The van der Waals surface area contributed by atoms with Gasteiger partial charge in [0.25, 0.3) is 0 Å². The minimum atomic E-state index is 1.18. The molecule has 0 radical (unpaired) electrons. The zero-order valence-electron chi connectivity index (χ0n) is 34.3. The lowest BCUT2D eigenvalue weighted by atomic mass is 9.85. The van der Waals surface area contributed by atoms with E-state index in [2.05, 4.69) is 187 Å². The summed E-state index contributed by atoms with van der Waals surface area (Å²) in [5.74, 6) is 0. The summed E-state index contributed by atoms with van der Waals surface area (Å²) in [6.45, 7) is 13.4. The first-order valence-electron chi connectivity index (χ1n) is 20.9. The maximum Gasteiger partial charge on any atom is -0.00264 e. The van der Waals surface area contributed by atoms with Crippen molar-refractivity contribution in [2.24, 2.45) is 0 Å². The Bertz CT molecular complexity index is 3220. The summed E-state index contributed by atoms with van der Waals surface area (Å²) >= 11 is 0. The van der Waals surface area contributed by atoms with E-state index in [-0.39, 0.29) is 0 Å². The first-order valence-corrected chi connectivity index (χ1v) is 20.9. The second-order valence-corrected chi connectivity index (χ2v) is 17.1. The standard InChI is InChI=1S/C42H34.C16H12/c1-23-15-25(3)40(26(4)16-23)31-14-13-30-19-39(41-27(5)17-24(2)18-28(41)6)38-22-36-33-12-8-10-29-9-7-11-32(42(29)33)35(36)21-37(38)34(30)20-31;1-2-8-13-12(7-1)14-9-3-5-11-6-4-10-15(13)16(11)14/h7-22H,1-6H3;3-10H,1-2H2. The zero-order chi connectivity index (χ0) is 39.4. The van der Waals surface area contributed by atoms with Crippen LogP contribution in [-0.2, 0) is 0 Å². The highest BCUT2D eigenvalue weighted by atomic mass is 14.3. The summed E-state index contributed by atoms with van der Waals surface area (Å²) in [5.41, 5.74) is 24.5. The second kappa shape index (κ2) is 13.0. The van der Waals surface area contributed by atoms with Crippen LogP contribution < -0.4 is 0 Å². The zero-order valence-corrected chi connectivity index (χ0v) is 34.3. The SMILES string of the molecule is C1=C2C(=CCC1)c1cccc3cccc2c13.Cc1cc(C)c(-c2ccc3cc(-c4c(C)cc(C)cc4C)c4cc5c(cc4c3c2)-c2cccc3cccc-5c23)c(C)c1.